The maximum absolute atomic E-state index is 5.60. The summed E-state index contributed by atoms with van der Waals surface area (Å²) >= 11 is 2.01. The first-order valence-electron chi connectivity index (χ1n) is 5.22. The van der Waals surface area contributed by atoms with Crippen molar-refractivity contribution < 1.29 is 0 Å². The number of hydrogen-bond acceptors (Lipinski definition) is 2. The molecule has 2 rings (SSSR count). The van der Waals surface area contributed by atoms with Crippen molar-refractivity contribution in [3.63, 3.8) is 0 Å². The Morgan fingerprint density at radius 3 is 3.14 bits per heavy atom. The number of nitrogens with two attached hydrogens (primary N) is 1. The number of benzene rings is 1. The van der Waals surface area contributed by atoms with E-state index in [1.807, 2.05) is 11.8 Å². The number of thioether (sulfide) groups is 1. The number of fused-ring (bicyclic) bond motifs is 1. The third kappa shape index (κ3) is 1.96. The molecule has 0 aromatic heterocycles. The van der Waals surface area contributed by atoms with Crippen molar-refractivity contribution >= 4 is 11.8 Å². The van der Waals surface area contributed by atoms with Crippen LogP contribution in [0.4, 0.5) is 0 Å². The minimum absolute atomic E-state index is 0.791. The van der Waals surface area contributed by atoms with Crippen molar-refractivity contribution in [2.45, 2.75) is 24.7 Å². The van der Waals surface area contributed by atoms with Crippen LogP contribution in [0, 0.1) is 12.8 Å². The Morgan fingerprint density at radius 1 is 1.50 bits per heavy atom. The number of aryl methyl sites for hydroxylation is 1. The first-order chi connectivity index (χ1) is 6.81. The summed E-state index contributed by atoms with van der Waals surface area (Å²) in [6, 6.07) is 6.63. The Kier molecular flexibility index (Phi) is 3.14. The van der Waals surface area contributed by atoms with Crippen molar-refractivity contribution in [3.8, 4) is 0 Å². The lowest BCUT2D eigenvalue weighted by Crippen LogP contribution is -2.17. The molecule has 1 nitrogen and oxygen atoms in total. The molecule has 0 fully saturated rings. The smallest absolute Gasteiger partial charge is 0.0133 e. The molecule has 2 N–H and O–H groups in total. The highest BCUT2D eigenvalue weighted by Gasteiger charge is 2.19. The summed E-state index contributed by atoms with van der Waals surface area (Å²) in [7, 11) is 0. The highest BCUT2D eigenvalue weighted by molar-refractivity contribution is 7.99. The minimum atomic E-state index is 0.791. The van der Waals surface area contributed by atoms with Gasteiger partial charge in [-0.15, -0.1) is 11.8 Å². The van der Waals surface area contributed by atoms with Crippen LogP contribution in [0.15, 0.2) is 23.1 Å². The topological polar surface area (TPSA) is 26.0 Å². The van der Waals surface area contributed by atoms with Gasteiger partial charge in [0.05, 0.1) is 0 Å². The second kappa shape index (κ2) is 4.37. The molecule has 1 unspecified atom stereocenters. The summed E-state index contributed by atoms with van der Waals surface area (Å²) < 4.78 is 0. The van der Waals surface area contributed by atoms with Gasteiger partial charge in [0.25, 0.3) is 0 Å². The lowest BCUT2D eigenvalue weighted by molar-refractivity contribution is 0.536. The molecular weight excluding hydrogens is 190 g/mol. The van der Waals surface area contributed by atoms with E-state index >= 15 is 0 Å². The summed E-state index contributed by atoms with van der Waals surface area (Å²) in [5.41, 5.74) is 8.56. The Bertz CT molecular complexity index is 322. The molecule has 76 valence electrons. The molecule has 0 bridgehead atoms. The van der Waals surface area contributed by atoms with Crippen molar-refractivity contribution in [2.75, 3.05) is 12.3 Å². The van der Waals surface area contributed by atoms with Crippen LogP contribution in [0.1, 0.15) is 17.5 Å². The molecule has 0 saturated carbocycles. The van der Waals surface area contributed by atoms with E-state index in [4.69, 9.17) is 5.73 Å². The molecule has 1 aromatic rings. The van der Waals surface area contributed by atoms with Gasteiger partial charge in [0.15, 0.2) is 0 Å². The molecule has 0 spiro atoms. The van der Waals surface area contributed by atoms with Crippen LogP contribution in [0.25, 0.3) is 0 Å². The molecule has 0 aliphatic carbocycles. The maximum Gasteiger partial charge on any atom is 0.0133 e. The van der Waals surface area contributed by atoms with Gasteiger partial charge in [-0.05, 0) is 43.4 Å². The summed E-state index contributed by atoms with van der Waals surface area (Å²) in [4.78, 5) is 1.51. The summed E-state index contributed by atoms with van der Waals surface area (Å²) in [5, 5.41) is 0. The largest absolute Gasteiger partial charge is 0.330 e. The van der Waals surface area contributed by atoms with E-state index in [1.165, 1.54) is 34.6 Å². The van der Waals surface area contributed by atoms with Crippen molar-refractivity contribution in [1.29, 1.82) is 0 Å². The predicted octanol–water partition coefficient (Wildman–Crippen LogP) is 2.61. The van der Waals surface area contributed by atoms with Crippen LogP contribution >= 0.6 is 11.8 Å². The van der Waals surface area contributed by atoms with Gasteiger partial charge in [-0.3, -0.25) is 0 Å². The maximum atomic E-state index is 5.60. The van der Waals surface area contributed by atoms with Gasteiger partial charge >= 0.3 is 0 Å². The fourth-order valence-corrected chi connectivity index (χ4v) is 3.39. The Morgan fingerprint density at radius 2 is 2.36 bits per heavy atom. The number of hydrogen-bond donors (Lipinski definition) is 1. The molecule has 14 heavy (non-hydrogen) atoms. The SMILES string of the molecule is Cc1cccc2c1SCC(CCN)C2. The zero-order valence-electron chi connectivity index (χ0n) is 8.62. The van der Waals surface area contributed by atoms with Crippen LogP contribution in [-0.4, -0.2) is 12.3 Å². The standard InChI is InChI=1S/C12H17NS/c1-9-3-2-4-11-7-10(5-6-13)8-14-12(9)11/h2-4,10H,5-8,13H2,1H3. The molecule has 1 heterocycles. The fraction of sp³-hybridized carbons (Fsp3) is 0.500. The lowest BCUT2D eigenvalue weighted by Gasteiger charge is -2.24. The molecule has 0 radical (unpaired) electrons. The highest BCUT2D eigenvalue weighted by atomic mass is 32.2. The van der Waals surface area contributed by atoms with Gasteiger partial charge < -0.3 is 5.73 Å². The van der Waals surface area contributed by atoms with Gasteiger partial charge in [-0.2, -0.15) is 0 Å². The van der Waals surface area contributed by atoms with Gasteiger partial charge in [0.1, 0.15) is 0 Å². The van der Waals surface area contributed by atoms with Crippen molar-refractivity contribution in [3.05, 3.63) is 29.3 Å². The van der Waals surface area contributed by atoms with E-state index in [0.717, 1.165) is 12.5 Å². The fourth-order valence-electron chi connectivity index (χ4n) is 2.07. The zero-order chi connectivity index (χ0) is 9.97. The highest BCUT2D eigenvalue weighted by Crippen LogP contribution is 2.35. The normalized spacial score (nSPS) is 20.6. The molecule has 0 saturated heterocycles. The van der Waals surface area contributed by atoms with E-state index in [9.17, 15) is 0 Å². The van der Waals surface area contributed by atoms with E-state index in [2.05, 4.69) is 25.1 Å². The average Bonchev–Trinajstić information content (AvgIpc) is 2.18. The van der Waals surface area contributed by atoms with Crippen LogP contribution < -0.4 is 5.73 Å². The average molecular weight is 207 g/mol. The quantitative estimate of drug-likeness (QED) is 0.806. The third-order valence-corrected chi connectivity index (χ3v) is 4.35. The Balaban J connectivity index is 2.18. The summed E-state index contributed by atoms with van der Waals surface area (Å²) in [5.74, 6) is 2.04. The Labute approximate surface area is 90.1 Å². The van der Waals surface area contributed by atoms with E-state index in [0.29, 0.717) is 0 Å². The van der Waals surface area contributed by atoms with Crippen LogP contribution in [0.5, 0.6) is 0 Å². The summed E-state index contributed by atoms with van der Waals surface area (Å²) in [6.07, 6.45) is 2.39. The predicted molar refractivity (Wildman–Crippen MR) is 62.8 cm³/mol. The van der Waals surface area contributed by atoms with Crippen LogP contribution in [-0.2, 0) is 6.42 Å². The molecule has 1 aliphatic heterocycles. The van der Waals surface area contributed by atoms with Crippen molar-refractivity contribution in [2.24, 2.45) is 11.7 Å². The van der Waals surface area contributed by atoms with Crippen molar-refractivity contribution in [1.82, 2.24) is 0 Å². The van der Waals surface area contributed by atoms with Gasteiger partial charge in [0.2, 0.25) is 0 Å². The second-order valence-electron chi connectivity index (χ2n) is 4.02. The van der Waals surface area contributed by atoms with Gasteiger partial charge in [-0.1, -0.05) is 18.2 Å². The molecule has 2 heteroatoms. The molecule has 1 aromatic carbocycles. The Hall–Kier alpha value is -0.470. The number of rotatable bonds is 2. The van der Waals surface area contributed by atoms with E-state index in [-0.39, 0.29) is 0 Å². The molecule has 0 amide bonds. The molecule has 1 atom stereocenters. The first-order valence-corrected chi connectivity index (χ1v) is 6.21. The van der Waals surface area contributed by atoms with E-state index < -0.39 is 0 Å². The monoisotopic (exact) mass is 207 g/mol. The lowest BCUT2D eigenvalue weighted by atomic mass is 9.96. The van der Waals surface area contributed by atoms with Crippen LogP contribution in [0.2, 0.25) is 0 Å². The van der Waals surface area contributed by atoms with Gasteiger partial charge in [0, 0.05) is 10.6 Å². The molecule has 1 aliphatic rings. The minimum Gasteiger partial charge on any atom is -0.330 e. The van der Waals surface area contributed by atoms with Crippen LogP contribution in [0.3, 0.4) is 0 Å². The first kappa shape index (κ1) is 10.1. The van der Waals surface area contributed by atoms with E-state index in [1.54, 1.807) is 0 Å². The summed E-state index contributed by atoms with van der Waals surface area (Å²) in [6.45, 7) is 3.03. The van der Waals surface area contributed by atoms with Gasteiger partial charge in [-0.25, -0.2) is 0 Å². The second-order valence-corrected chi connectivity index (χ2v) is 5.05. The third-order valence-electron chi connectivity index (χ3n) is 2.84. The zero-order valence-corrected chi connectivity index (χ0v) is 9.44. The molecular formula is C12H17NS.